The van der Waals surface area contributed by atoms with Gasteiger partial charge in [0.2, 0.25) is 0 Å². The summed E-state index contributed by atoms with van der Waals surface area (Å²) < 4.78 is 0. The van der Waals surface area contributed by atoms with Crippen molar-refractivity contribution in [1.29, 1.82) is 0 Å². The Morgan fingerprint density at radius 3 is 1.41 bits per heavy atom. The summed E-state index contributed by atoms with van der Waals surface area (Å²) in [5, 5.41) is 2.81. The monoisotopic (exact) mass is 580 g/mol. The van der Waals surface area contributed by atoms with Gasteiger partial charge in [0, 0.05) is 33.0 Å². The molecule has 4 aromatic carbocycles. The second-order valence-corrected chi connectivity index (χ2v) is 11.4. The summed E-state index contributed by atoms with van der Waals surface area (Å²) in [7, 11) is 0. The molecule has 1 aliphatic heterocycles. The maximum absolute atomic E-state index is 14.3. The number of carbonyl (C=O) groups excluding carboxylic acids is 4. The largest absolute Gasteiger partial charge is 0.292 e. The topological polar surface area (TPSA) is 74.8 Å². The molecule has 3 aliphatic carbocycles. The van der Waals surface area contributed by atoms with E-state index in [1.165, 1.54) is 12.1 Å². The van der Waals surface area contributed by atoms with Gasteiger partial charge in [0.25, 0.3) is 17.7 Å². The number of amides is 3. The third-order valence-electron chi connectivity index (χ3n) is 8.45. The van der Waals surface area contributed by atoms with Crippen molar-refractivity contribution in [2.24, 2.45) is 11.8 Å². The smallest absolute Gasteiger partial charge is 0.273 e. The zero-order valence-corrected chi connectivity index (χ0v) is 23.0. The van der Waals surface area contributed by atoms with E-state index in [1.54, 1.807) is 36.4 Å². The van der Waals surface area contributed by atoms with E-state index in [2.05, 4.69) is 0 Å². The van der Waals surface area contributed by atoms with Crippen LogP contribution in [0.15, 0.2) is 97.1 Å². The maximum atomic E-state index is 14.3. The third-order valence-corrected chi connectivity index (χ3v) is 8.96. The van der Waals surface area contributed by atoms with Gasteiger partial charge in [-0.3, -0.25) is 19.2 Å². The average molecular weight is 581 g/mol. The van der Waals surface area contributed by atoms with Gasteiger partial charge in [0.05, 0.1) is 11.8 Å². The Balaban J connectivity index is 1.33. The highest BCUT2D eigenvalue weighted by Crippen LogP contribution is 2.61. The van der Waals surface area contributed by atoms with Crippen molar-refractivity contribution >= 4 is 46.7 Å². The fourth-order valence-corrected chi connectivity index (χ4v) is 6.99. The Hall–Kier alpha value is -4.26. The second-order valence-electron chi connectivity index (χ2n) is 10.6. The number of Topliss-reactive ketones (excluding diaryl/α,β-unsaturated/α-hetero) is 1. The minimum Gasteiger partial charge on any atom is -0.292 e. The molecule has 0 spiro atoms. The molecule has 0 saturated carbocycles. The highest BCUT2D eigenvalue weighted by atomic mass is 35.5. The lowest BCUT2D eigenvalue weighted by Crippen LogP contribution is -2.52. The number of rotatable bonds is 5. The van der Waals surface area contributed by atoms with Crippen LogP contribution in [0.1, 0.15) is 54.8 Å². The van der Waals surface area contributed by atoms with E-state index in [0.717, 1.165) is 32.3 Å². The van der Waals surface area contributed by atoms with Gasteiger partial charge in [0.15, 0.2) is 5.78 Å². The van der Waals surface area contributed by atoms with Crippen LogP contribution in [0, 0.1) is 11.8 Å². The van der Waals surface area contributed by atoms with Crippen LogP contribution >= 0.6 is 23.2 Å². The number of ketones is 1. The molecule has 41 heavy (non-hydrogen) atoms. The first-order valence-corrected chi connectivity index (χ1v) is 14.0. The van der Waals surface area contributed by atoms with Gasteiger partial charge in [-0.15, -0.1) is 0 Å². The molecule has 0 radical (unpaired) electrons. The molecule has 4 aromatic rings. The zero-order valence-electron chi connectivity index (χ0n) is 21.5. The number of carbonyl (C=O) groups is 4. The van der Waals surface area contributed by atoms with Crippen LogP contribution < -0.4 is 0 Å². The maximum Gasteiger partial charge on any atom is 0.273 e. The van der Waals surface area contributed by atoms with Crippen LogP contribution in [0.4, 0.5) is 0 Å². The number of imide groups is 1. The first-order valence-electron chi connectivity index (χ1n) is 13.3. The molecule has 2 atom stereocenters. The lowest BCUT2D eigenvalue weighted by atomic mass is 9.55. The molecule has 202 valence electrons. The van der Waals surface area contributed by atoms with Crippen LogP contribution in [0.5, 0.6) is 0 Å². The minimum absolute atomic E-state index is 0.198. The Morgan fingerprint density at radius 1 is 0.610 bits per heavy atom. The number of hydrazine groups is 1. The average Bonchev–Trinajstić information content (AvgIpc) is 3.26. The van der Waals surface area contributed by atoms with Crippen molar-refractivity contribution in [3.8, 4) is 0 Å². The molecule has 3 amide bonds. The predicted octanol–water partition coefficient (Wildman–Crippen LogP) is 6.13. The van der Waals surface area contributed by atoms with Crippen LogP contribution in [-0.2, 0) is 9.59 Å². The Labute approximate surface area is 246 Å². The molecule has 4 aliphatic rings. The molecule has 6 nitrogen and oxygen atoms in total. The molecule has 8 heteroatoms. The molecule has 1 fully saturated rings. The summed E-state index contributed by atoms with van der Waals surface area (Å²) in [5.74, 6) is -4.10. The number of halogens is 2. The van der Waals surface area contributed by atoms with Crippen molar-refractivity contribution in [3.05, 3.63) is 140 Å². The van der Waals surface area contributed by atoms with Crippen LogP contribution in [0.3, 0.4) is 0 Å². The van der Waals surface area contributed by atoms with Gasteiger partial charge in [-0.1, -0.05) is 71.7 Å². The van der Waals surface area contributed by atoms with Crippen molar-refractivity contribution in [1.82, 2.24) is 10.0 Å². The lowest BCUT2D eigenvalue weighted by Gasteiger charge is -2.45. The minimum atomic E-state index is -0.691. The fourth-order valence-electron chi connectivity index (χ4n) is 6.74. The molecule has 2 bridgehead atoms. The summed E-state index contributed by atoms with van der Waals surface area (Å²) in [6, 6.07) is 28.2. The van der Waals surface area contributed by atoms with E-state index < -0.39 is 41.9 Å². The van der Waals surface area contributed by atoms with Crippen molar-refractivity contribution in [2.45, 2.75) is 11.8 Å². The van der Waals surface area contributed by atoms with Crippen LogP contribution in [-0.4, -0.2) is 40.1 Å². The van der Waals surface area contributed by atoms with Gasteiger partial charge >= 0.3 is 0 Å². The van der Waals surface area contributed by atoms with Crippen LogP contribution in [0.2, 0.25) is 10.0 Å². The summed E-state index contributed by atoms with van der Waals surface area (Å²) in [6.07, 6.45) is 0. The molecule has 1 saturated heterocycles. The fraction of sp³-hybridized carbons (Fsp3) is 0.152. The normalized spacial score (nSPS) is 21.8. The lowest BCUT2D eigenvalue weighted by molar-refractivity contribution is -0.154. The van der Waals surface area contributed by atoms with E-state index >= 15 is 0 Å². The SMILES string of the molecule is O=C(CN(C(=O)c1ccc(Cl)cc1)N1C(=O)[C@@H]2C3c4ccccc4C(c4ccccc43)[C@@H]2C1=O)c1ccc(Cl)cc1. The van der Waals surface area contributed by atoms with Gasteiger partial charge in [-0.2, -0.15) is 5.01 Å². The Kier molecular flexibility index (Phi) is 6.07. The molecular formula is C33H22Cl2N2O4. The first kappa shape index (κ1) is 25.7. The van der Waals surface area contributed by atoms with E-state index in [-0.39, 0.29) is 17.4 Å². The van der Waals surface area contributed by atoms with Crippen molar-refractivity contribution in [2.75, 3.05) is 6.54 Å². The number of hydrogen-bond acceptors (Lipinski definition) is 4. The Bertz CT molecular complexity index is 1640. The van der Waals surface area contributed by atoms with Gasteiger partial charge in [0.1, 0.15) is 6.54 Å². The molecule has 1 heterocycles. The molecule has 0 N–H and O–H groups in total. The van der Waals surface area contributed by atoms with Crippen molar-refractivity contribution < 1.29 is 19.2 Å². The molecule has 8 rings (SSSR count). The van der Waals surface area contributed by atoms with E-state index in [4.69, 9.17) is 23.2 Å². The molecular weight excluding hydrogens is 559 g/mol. The van der Waals surface area contributed by atoms with Crippen molar-refractivity contribution in [3.63, 3.8) is 0 Å². The summed E-state index contributed by atoms with van der Waals surface area (Å²) in [5.41, 5.74) is 4.59. The molecule has 0 unspecified atom stereocenters. The van der Waals surface area contributed by atoms with Gasteiger partial charge in [-0.05, 0) is 70.8 Å². The first-order chi connectivity index (χ1) is 19.8. The quantitative estimate of drug-likeness (QED) is 0.210. The highest BCUT2D eigenvalue weighted by Gasteiger charge is 2.63. The van der Waals surface area contributed by atoms with E-state index in [0.29, 0.717) is 15.6 Å². The van der Waals surface area contributed by atoms with Crippen LogP contribution in [0.25, 0.3) is 0 Å². The zero-order chi connectivity index (χ0) is 28.4. The number of nitrogens with zero attached hydrogens (tertiary/aromatic N) is 2. The number of hydrogen-bond donors (Lipinski definition) is 0. The third kappa shape index (κ3) is 3.93. The second kappa shape index (κ2) is 9.68. The summed E-state index contributed by atoms with van der Waals surface area (Å²) in [6.45, 7) is -0.505. The van der Waals surface area contributed by atoms with E-state index in [1.807, 2.05) is 48.5 Å². The molecule has 0 aromatic heterocycles. The summed E-state index contributed by atoms with van der Waals surface area (Å²) in [4.78, 5) is 56.0. The Morgan fingerprint density at radius 2 is 1.00 bits per heavy atom. The van der Waals surface area contributed by atoms with Gasteiger partial charge in [-0.25, -0.2) is 5.01 Å². The standard InChI is InChI=1S/C33H22Cl2N2O4/c34-20-13-9-18(10-14-20)26(38)17-36(31(39)19-11-15-21(35)16-12-19)37-32(40)29-27-22-5-1-2-6-23(22)28(30(29)33(37)41)25-8-4-3-7-24(25)27/h1-16,27-30H,17H2/t27?,28?,29-,30+. The summed E-state index contributed by atoms with van der Waals surface area (Å²) >= 11 is 12.1. The highest BCUT2D eigenvalue weighted by molar-refractivity contribution is 6.31. The van der Waals surface area contributed by atoms with Gasteiger partial charge < -0.3 is 0 Å². The van der Waals surface area contributed by atoms with E-state index in [9.17, 15) is 19.2 Å². The predicted molar refractivity (Wildman–Crippen MR) is 154 cm³/mol. The number of benzene rings is 4.